The average molecular weight is 326 g/mol. The first-order valence-electron chi connectivity index (χ1n) is 5.87. The molecule has 0 fully saturated rings. The van der Waals surface area contributed by atoms with Crippen LogP contribution in [-0.4, -0.2) is 13.7 Å². The van der Waals surface area contributed by atoms with Crippen molar-refractivity contribution in [3.63, 3.8) is 0 Å². The molecule has 2 rings (SSSR count). The van der Waals surface area contributed by atoms with Gasteiger partial charge in [-0.15, -0.1) is 11.3 Å². The van der Waals surface area contributed by atoms with E-state index in [0.29, 0.717) is 0 Å². The number of rotatable bonds is 5. The van der Waals surface area contributed by atoms with Crippen molar-refractivity contribution in [2.24, 2.45) is 0 Å². The summed E-state index contributed by atoms with van der Waals surface area (Å²) in [5.74, 6) is 0.902. The summed E-state index contributed by atoms with van der Waals surface area (Å²) in [6.07, 6.45) is 0. The average Bonchev–Trinajstić information content (AvgIpc) is 2.82. The van der Waals surface area contributed by atoms with E-state index in [0.717, 1.165) is 23.3 Å². The molecule has 2 aromatic rings. The maximum atomic E-state index is 5.30. The van der Waals surface area contributed by atoms with Gasteiger partial charge in [0.05, 0.1) is 7.11 Å². The van der Waals surface area contributed by atoms with Crippen molar-refractivity contribution >= 4 is 27.3 Å². The summed E-state index contributed by atoms with van der Waals surface area (Å²) >= 11 is 5.35. The molecule has 18 heavy (non-hydrogen) atoms. The summed E-state index contributed by atoms with van der Waals surface area (Å²) in [6, 6.07) is 8.32. The summed E-state index contributed by atoms with van der Waals surface area (Å²) in [5.41, 5.74) is 2.53. The van der Waals surface area contributed by atoms with Crippen LogP contribution < -0.4 is 10.1 Å². The normalized spacial score (nSPS) is 10.6. The number of nitrogens with one attached hydrogen (secondary N) is 1. The standard InChI is InChI=1S/C14H16BrNOS/c1-3-16-9-10-8-11(17-2)4-5-12(10)14-13(15)6-7-18-14/h4-8,16H,3,9H2,1-2H3. The summed E-state index contributed by atoms with van der Waals surface area (Å²) < 4.78 is 6.45. The topological polar surface area (TPSA) is 21.3 Å². The Labute approximate surface area is 120 Å². The molecule has 0 aliphatic heterocycles. The quantitative estimate of drug-likeness (QED) is 0.885. The Balaban J connectivity index is 2.42. The highest BCUT2D eigenvalue weighted by Gasteiger charge is 2.10. The lowest BCUT2D eigenvalue weighted by Gasteiger charge is -2.11. The third-order valence-corrected chi connectivity index (χ3v) is 4.61. The first kappa shape index (κ1) is 13.6. The fourth-order valence-corrected chi connectivity index (χ4v) is 3.46. The monoisotopic (exact) mass is 325 g/mol. The number of halogens is 1. The molecule has 0 unspecified atom stereocenters. The smallest absolute Gasteiger partial charge is 0.119 e. The van der Waals surface area contributed by atoms with Gasteiger partial charge in [0.25, 0.3) is 0 Å². The zero-order valence-corrected chi connectivity index (χ0v) is 12.9. The maximum absolute atomic E-state index is 5.30. The molecule has 0 spiro atoms. The lowest BCUT2D eigenvalue weighted by Crippen LogP contribution is -2.12. The molecule has 0 bridgehead atoms. The van der Waals surface area contributed by atoms with Crippen molar-refractivity contribution in [3.8, 4) is 16.2 Å². The molecule has 1 heterocycles. The Morgan fingerprint density at radius 2 is 2.17 bits per heavy atom. The zero-order chi connectivity index (χ0) is 13.0. The molecule has 0 aliphatic rings. The summed E-state index contributed by atoms with van der Waals surface area (Å²) in [5, 5.41) is 5.47. The molecule has 0 radical (unpaired) electrons. The van der Waals surface area contributed by atoms with Gasteiger partial charge in [0, 0.05) is 15.9 Å². The van der Waals surface area contributed by atoms with Crippen molar-refractivity contribution in [2.75, 3.05) is 13.7 Å². The van der Waals surface area contributed by atoms with Crippen molar-refractivity contribution in [1.82, 2.24) is 5.32 Å². The van der Waals surface area contributed by atoms with E-state index >= 15 is 0 Å². The molecule has 1 aromatic carbocycles. The predicted octanol–water partition coefficient (Wildman–Crippen LogP) is 4.30. The van der Waals surface area contributed by atoms with Crippen molar-refractivity contribution in [3.05, 3.63) is 39.7 Å². The lowest BCUT2D eigenvalue weighted by molar-refractivity contribution is 0.414. The number of ether oxygens (including phenoxy) is 1. The van der Waals surface area contributed by atoms with E-state index in [2.05, 4.69) is 51.7 Å². The van der Waals surface area contributed by atoms with Gasteiger partial charge in [-0.2, -0.15) is 0 Å². The molecule has 0 aliphatic carbocycles. The third kappa shape index (κ3) is 2.94. The van der Waals surface area contributed by atoms with Gasteiger partial charge in [0.15, 0.2) is 0 Å². The van der Waals surface area contributed by atoms with Crippen LogP contribution in [0.25, 0.3) is 10.4 Å². The molecule has 0 saturated heterocycles. The van der Waals surface area contributed by atoms with Crippen LogP contribution in [0, 0.1) is 0 Å². The van der Waals surface area contributed by atoms with Gasteiger partial charge in [-0.3, -0.25) is 0 Å². The highest BCUT2D eigenvalue weighted by atomic mass is 79.9. The second-order valence-corrected chi connectivity index (χ2v) is 5.67. The summed E-state index contributed by atoms with van der Waals surface area (Å²) in [6.45, 7) is 3.93. The van der Waals surface area contributed by atoms with Crippen LogP contribution in [0.1, 0.15) is 12.5 Å². The van der Waals surface area contributed by atoms with Gasteiger partial charge in [-0.1, -0.05) is 6.92 Å². The Morgan fingerprint density at radius 1 is 1.33 bits per heavy atom. The molecular formula is C14H16BrNOS. The van der Waals surface area contributed by atoms with Crippen LogP contribution in [0.3, 0.4) is 0 Å². The van der Waals surface area contributed by atoms with Crippen LogP contribution in [0.2, 0.25) is 0 Å². The van der Waals surface area contributed by atoms with Gasteiger partial charge < -0.3 is 10.1 Å². The van der Waals surface area contributed by atoms with Gasteiger partial charge in [0.2, 0.25) is 0 Å². The summed E-state index contributed by atoms with van der Waals surface area (Å²) in [7, 11) is 1.70. The lowest BCUT2D eigenvalue weighted by atomic mass is 10.1. The molecule has 2 nitrogen and oxygen atoms in total. The highest BCUT2D eigenvalue weighted by Crippen LogP contribution is 2.36. The van der Waals surface area contributed by atoms with E-state index in [9.17, 15) is 0 Å². The zero-order valence-electron chi connectivity index (χ0n) is 10.5. The number of hydrogen-bond acceptors (Lipinski definition) is 3. The van der Waals surface area contributed by atoms with E-state index in [-0.39, 0.29) is 0 Å². The molecule has 0 saturated carbocycles. The molecule has 0 amide bonds. The first-order chi connectivity index (χ1) is 8.76. The maximum Gasteiger partial charge on any atom is 0.119 e. The minimum atomic E-state index is 0.855. The molecule has 0 atom stereocenters. The van der Waals surface area contributed by atoms with Gasteiger partial charge in [-0.25, -0.2) is 0 Å². The van der Waals surface area contributed by atoms with Gasteiger partial charge >= 0.3 is 0 Å². The minimum Gasteiger partial charge on any atom is -0.497 e. The van der Waals surface area contributed by atoms with E-state index in [1.165, 1.54) is 16.0 Å². The minimum absolute atomic E-state index is 0.855. The molecule has 1 N–H and O–H groups in total. The summed E-state index contributed by atoms with van der Waals surface area (Å²) in [4.78, 5) is 1.27. The Morgan fingerprint density at radius 3 is 2.78 bits per heavy atom. The largest absolute Gasteiger partial charge is 0.497 e. The number of methoxy groups -OCH3 is 1. The van der Waals surface area contributed by atoms with Crippen LogP contribution in [0.5, 0.6) is 5.75 Å². The van der Waals surface area contributed by atoms with E-state index < -0.39 is 0 Å². The fourth-order valence-electron chi connectivity index (χ4n) is 1.81. The van der Waals surface area contributed by atoms with Crippen LogP contribution in [-0.2, 0) is 6.54 Å². The van der Waals surface area contributed by atoms with Crippen LogP contribution >= 0.6 is 27.3 Å². The van der Waals surface area contributed by atoms with E-state index in [1.807, 2.05) is 6.07 Å². The van der Waals surface area contributed by atoms with E-state index in [1.54, 1.807) is 18.4 Å². The molecule has 96 valence electrons. The predicted molar refractivity (Wildman–Crippen MR) is 81.4 cm³/mol. The first-order valence-corrected chi connectivity index (χ1v) is 7.54. The highest BCUT2D eigenvalue weighted by molar-refractivity contribution is 9.10. The fraction of sp³-hybridized carbons (Fsp3) is 0.286. The van der Waals surface area contributed by atoms with Crippen molar-refractivity contribution < 1.29 is 4.74 Å². The third-order valence-electron chi connectivity index (χ3n) is 2.74. The second-order valence-electron chi connectivity index (χ2n) is 3.90. The Hall–Kier alpha value is -0.840. The number of thiophene rings is 1. The Kier molecular flexibility index (Phi) is 4.80. The SMILES string of the molecule is CCNCc1cc(OC)ccc1-c1sccc1Br. The van der Waals surface area contributed by atoms with Gasteiger partial charge in [0.1, 0.15) is 5.75 Å². The molecular weight excluding hydrogens is 310 g/mol. The number of hydrogen-bond donors (Lipinski definition) is 1. The van der Waals surface area contributed by atoms with Gasteiger partial charge in [-0.05, 0) is 63.2 Å². The molecule has 4 heteroatoms. The Bertz CT molecular complexity index is 524. The van der Waals surface area contributed by atoms with E-state index in [4.69, 9.17) is 4.74 Å². The van der Waals surface area contributed by atoms with Crippen LogP contribution in [0.15, 0.2) is 34.1 Å². The second kappa shape index (κ2) is 6.36. The van der Waals surface area contributed by atoms with Crippen molar-refractivity contribution in [1.29, 1.82) is 0 Å². The van der Waals surface area contributed by atoms with Crippen molar-refractivity contribution in [2.45, 2.75) is 13.5 Å². The number of benzene rings is 1. The molecule has 1 aromatic heterocycles. The van der Waals surface area contributed by atoms with Crippen LogP contribution in [0.4, 0.5) is 0 Å².